The van der Waals surface area contributed by atoms with E-state index in [1.165, 1.54) is 0 Å². The van der Waals surface area contributed by atoms with Crippen molar-refractivity contribution in [2.45, 2.75) is 0 Å². The first-order valence-corrected chi connectivity index (χ1v) is 0.204. The number of hydrogen-bond donors (Lipinski definition) is 1. The van der Waals surface area contributed by atoms with E-state index in [2.05, 4.69) is 5.59 Å². The molecule has 0 heterocycles. The molecule has 0 aliphatic heterocycles. The van der Waals surface area contributed by atoms with Crippen LogP contribution < -0.4 is 0 Å². The fourth-order valence-electron chi connectivity index (χ4n) is 0. The molecule has 0 bridgehead atoms. The Morgan fingerprint density at radius 1 is 1.25 bits per heavy atom. The van der Waals surface area contributed by atoms with Gasteiger partial charge in [-0.2, -0.15) is 4.91 Å². The molecule has 0 spiro atoms. The van der Waals surface area contributed by atoms with Crippen molar-refractivity contribution in [2.24, 2.45) is 0 Å². The predicted octanol–water partition coefficient (Wildman–Crippen LogP) is -0.0517. The molecule has 0 aromatic rings. The SMILES string of the molecule is N=O.[Mo].[Si]. The molecule has 0 unspecified atom stereocenters. The molecule has 0 aliphatic carbocycles. The van der Waals surface area contributed by atoms with E-state index in [1.54, 1.807) is 0 Å². The Hall–Kier alpha value is 0.505. The minimum atomic E-state index is 0. The van der Waals surface area contributed by atoms with Crippen LogP contribution in [0.25, 0.3) is 0 Å². The fraction of sp³-hybridized carbons (Fsp3) is 0. The molecule has 22 valence electrons. The number of rotatable bonds is 0. The Morgan fingerprint density at radius 2 is 1.25 bits per heavy atom. The van der Waals surface area contributed by atoms with E-state index in [9.17, 15) is 0 Å². The van der Waals surface area contributed by atoms with E-state index >= 15 is 0 Å². The third-order valence-electron chi connectivity index (χ3n) is 0. The predicted molar refractivity (Wildman–Crippen MR) is 11.8 cm³/mol. The van der Waals surface area contributed by atoms with Gasteiger partial charge >= 0.3 is 0 Å². The van der Waals surface area contributed by atoms with E-state index < -0.39 is 0 Å². The summed E-state index contributed by atoms with van der Waals surface area (Å²) in [4.78, 5) is 7.50. The van der Waals surface area contributed by atoms with Crippen molar-refractivity contribution in [3.05, 3.63) is 4.91 Å². The molecule has 0 atom stereocenters. The number of nitrogens with one attached hydrogen (secondary N) is 1. The Bertz CT molecular complexity index is 8.00. The molecule has 0 aliphatic rings. The Morgan fingerprint density at radius 3 is 1.25 bits per heavy atom. The van der Waals surface area contributed by atoms with Crippen molar-refractivity contribution in [2.75, 3.05) is 0 Å². The average Bonchev–Trinajstić information content (AvgIpc) is 1.00. The molecule has 0 aromatic heterocycles. The van der Waals surface area contributed by atoms with Crippen molar-refractivity contribution in [3.63, 3.8) is 0 Å². The first kappa shape index (κ1) is 24.4. The summed E-state index contributed by atoms with van der Waals surface area (Å²) in [5, 5.41) is 0. The van der Waals surface area contributed by atoms with Gasteiger partial charge in [-0.25, -0.2) is 0 Å². The van der Waals surface area contributed by atoms with E-state index in [4.69, 9.17) is 4.91 Å². The van der Waals surface area contributed by atoms with Gasteiger partial charge in [0.2, 0.25) is 0 Å². The Balaban J connectivity index is -0.00000000500. The van der Waals surface area contributed by atoms with Gasteiger partial charge in [0.15, 0.2) is 0 Å². The zero-order valence-electron chi connectivity index (χ0n) is 1.82. The summed E-state index contributed by atoms with van der Waals surface area (Å²) < 4.78 is 0. The van der Waals surface area contributed by atoms with Crippen molar-refractivity contribution >= 4 is 11.0 Å². The van der Waals surface area contributed by atoms with Crippen LogP contribution in [-0.2, 0) is 21.1 Å². The van der Waals surface area contributed by atoms with Gasteiger partial charge in [-0.1, -0.05) is 5.59 Å². The van der Waals surface area contributed by atoms with Crippen LogP contribution in [0.15, 0.2) is 0 Å². The van der Waals surface area contributed by atoms with Crippen molar-refractivity contribution in [1.29, 1.82) is 5.59 Å². The quantitative estimate of drug-likeness (QED) is 0.386. The Kier molecular flexibility index (Phi) is 526. The summed E-state index contributed by atoms with van der Waals surface area (Å²) >= 11 is 0. The summed E-state index contributed by atoms with van der Waals surface area (Å²) in [6, 6.07) is 0. The molecule has 0 saturated heterocycles. The summed E-state index contributed by atoms with van der Waals surface area (Å²) in [6.07, 6.45) is 0. The van der Waals surface area contributed by atoms with E-state index in [1.807, 2.05) is 0 Å². The second-order valence-corrected chi connectivity index (χ2v) is 0. The van der Waals surface area contributed by atoms with Crippen molar-refractivity contribution < 1.29 is 21.1 Å². The molecule has 2 nitrogen and oxygen atoms in total. The molecule has 0 rings (SSSR count). The average molecular weight is 155 g/mol. The van der Waals surface area contributed by atoms with Gasteiger partial charge in [-0.3, -0.25) is 0 Å². The summed E-state index contributed by atoms with van der Waals surface area (Å²) in [5.41, 5.74) is 4.50. The van der Waals surface area contributed by atoms with E-state index in [-0.39, 0.29) is 32.0 Å². The first-order valence-electron chi connectivity index (χ1n) is 0.204. The maximum absolute atomic E-state index is 7.50. The Labute approximate surface area is 43.0 Å². The second kappa shape index (κ2) is 86.2. The summed E-state index contributed by atoms with van der Waals surface area (Å²) in [5.74, 6) is 0. The van der Waals surface area contributed by atoms with Crippen LogP contribution in [0, 0.1) is 10.5 Å². The van der Waals surface area contributed by atoms with Gasteiger partial charge < -0.3 is 0 Å². The normalized spacial score (nSPS) is 1.00. The number of nitroso groups, excluding NO2 is 1. The minimum Gasteiger partial charge on any atom is -0.154 e. The third-order valence-corrected chi connectivity index (χ3v) is 0. The maximum atomic E-state index is 7.50. The fourth-order valence-corrected chi connectivity index (χ4v) is 0. The molecule has 0 saturated carbocycles. The van der Waals surface area contributed by atoms with Crippen LogP contribution in [0.5, 0.6) is 0 Å². The topological polar surface area (TPSA) is 40.9 Å². The molecule has 0 aromatic carbocycles. The minimum absolute atomic E-state index is 0. The molecule has 4 radical (unpaired) electrons. The van der Waals surface area contributed by atoms with Crippen LogP contribution in [0.4, 0.5) is 0 Å². The first-order chi connectivity index (χ1) is 1.00. The molecular weight excluding hydrogens is 154 g/mol. The van der Waals surface area contributed by atoms with Crippen molar-refractivity contribution in [3.8, 4) is 0 Å². The van der Waals surface area contributed by atoms with Crippen LogP contribution in [0.3, 0.4) is 0 Å². The standard InChI is InChI=1S/Mo.HNO.Si/c;1-2;/h;1H;. The molecule has 1 N–H and O–H groups in total. The van der Waals surface area contributed by atoms with Gasteiger partial charge in [0.25, 0.3) is 0 Å². The van der Waals surface area contributed by atoms with Gasteiger partial charge in [0, 0.05) is 32.0 Å². The number of hydrogen-bond acceptors (Lipinski definition) is 2. The second-order valence-electron chi connectivity index (χ2n) is 0. The molecule has 4 heavy (non-hydrogen) atoms. The van der Waals surface area contributed by atoms with E-state index in [0.29, 0.717) is 0 Å². The zero-order valence-corrected chi connectivity index (χ0v) is 4.82. The monoisotopic (exact) mass is 157 g/mol. The van der Waals surface area contributed by atoms with Gasteiger partial charge in [0.05, 0.1) is 0 Å². The molecule has 0 amide bonds. The zero-order chi connectivity index (χ0) is 2.00. The van der Waals surface area contributed by atoms with Crippen molar-refractivity contribution in [1.82, 2.24) is 0 Å². The molecule has 0 fully saturated rings. The molecular formula is HMoNOSi. The van der Waals surface area contributed by atoms with E-state index in [0.717, 1.165) is 0 Å². The largest absolute Gasteiger partial charge is 0.154 e. The summed E-state index contributed by atoms with van der Waals surface area (Å²) in [7, 11) is 0. The maximum Gasteiger partial charge on any atom is 0 e. The van der Waals surface area contributed by atoms with Crippen LogP contribution in [-0.4, -0.2) is 11.0 Å². The van der Waals surface area contributed by atoms with Gasteiger partial charge in [0.1, 0.15) is 0 Å². The van der Waals surface area contributed by atoms with Crippen LogP contribution >= 0.6 is 0 Å². The summed E-state index contributed by atoms with van der Waals surface area (Å²) in [6.45, 7) is 0. The third kappa shape index (κ3) is 22.2. The van der Waals surface area contributed by atoms with Crippen LogP contribution in [0.1, 0.15) is 0 Å². The van der Waals surface area contributed by atoms with Gasteiger partial charge in [-0.05, 0) is 0 Å². The molecule has 4 heteroatoms. The van der Waals surface area contributed by atoms with Gasteiger partial charge in [-0.15, -0.1) is 0 Å². The van der Waals surface area contributed by atoms with Crippen LogP contribution in [0.2, 0.25) is 0 Å². The smallest absolute Gasteiger partial charge is 0 e.